The van der Waals surface area contributed by atoms with Crippen LogP contribution in [0.2, 0.25) is 0 Å². The number of hydrogen-bond acceptors (Lipinski definition) is 6. The highest BCUT2D eigenvalue weighted by Gasteiger charge is 2.19. The highest BCUT2D eigenvalue weighted by atomic mass is 32.1. The van der Waals surface area contributed by atoms with Gasteiger partial charge in [-0.1, -0.05) is 25.1 Å². The molecule has 0 unspecified atom stereocenters. The Kier molecular flexibility index (Phi) is 8.56. The molecule has 7 nitrogen and oxygen atoms in total. The number of thiazole rings is 1. The number of carbonyl (C=O) groups excluding carboxylic acids is 2. The molecule has 1 N–H and O–H groups in total. The Labute approximate surface area is 187 Å². The van der Waals surface area contributed by atoms with E-state index in [1.165, 1.54) is 24.2 Å². The van der Waals surface area contributed by atoms with Gasteiger partial charge in [0.25, 0.3) is 0 Å². The Morgan fingerprint density at radius 2 is 2.00 bits per heavy atom. The molecule has 0 atom stereocenters. The summed E-state index contributed by atoms with van der Waals surface area (Å²) in [5.41, 5.74) is 1.71. The zero-order valence-electron chi connectivity index (χ0n) is 17.9. The van der Waals surface area contributed by atoms with Crippen molar-refractivity contribution >= 4 is 34.0 Å². The molecule has 1 aromatic carbocycles. The Hall–Kier alpha value is -2.76. The quantitative estimate of drug-likeness (QED) is 0.637. The van der Waals surface area contributed by atoms with E-state index in [4.69, 9.17) is 5.26 Å². The molecule has 1 aliphatic heterocycles. The smallest absolute Gasteiger partial charge is 0.227 e. The maximum Gasteiger partial charge on any atom is 0.227 e. The van der Waals surface area contributed by atoms with E-state index in [2.05, 4.69) is 28.2 Å². The average molecular weight is 440 g/mol. The van der Waals surface area contributed by atoms with Gasteiger partial charge in [-0.2, -0.15) is 5.26 Å². The number of hydrogen-bond donors (Lipinski definition) is 1. The van der Waals surface area contributed by atoms with Crippen molar-refractivity contribution in [3.63, 3.8) is 0 Å². The molecule has 0 saturated carbocycles. The van der Waals surface area contributed by atoms with Gasteiger partial charge in [0.2, 0.25) is 11.8 Å². The number of aromatic nitrogens is 1. The SMILES string of the molecule is CC1CCN(Cc2csc(NC(=O)CCC(=O)N(CCC#N)c3ccccc3)n2)CC1. The van der Waals surface area contributed by atoms with Gasteiger partial charge < -0.3 is 10.2 Å². The van der Waals surface area contributed by atoms with Gasteiger partial charge in [0.05, 0.1) is 18.2 Å². The molecule has 8 heteroatoms. The van der Waals surface area contributed by atoms with E-state index in [0.717, 1.165) is 36.9 Å². The first kappa shape index (κ1) is 22.9. The van der Waals surface area contributed by atoms with E-state index in [0.29, 0.717) is 11.7 Å². The van der Waals surface area contributed by atoms with E-state index in [9.17, 15) is 9.59 Å². The second kappa shape index (κ2) is 11.6. The van der Waals surface area contributed by atoms with Crippen LogP contribution in [0.1, 0.15) is 44.7 Å². The molecular weight excluding hydrogens is 410 g/mol. The molecule has 1 aromatic heterocycles. The summed E-state index contributed by atoms with van der Waals surface area (Å²) in [4.78, 5) is 33.5. The van der Waals surface area contributed by atoms with E-state index < -0.39 is 0 Å². The summed E-state index contributed by atoms with van der Waals surface area (Å²) in [6, 6.07) is 11.3. The zero-order valence-corrected chi connectivity index (χ0v) is 18.7. The third kappa shape index (κ3) is 7.16. The molecule has 0 radical (unpaired) electrons. The molecule has 0 spiro atoms. The summed E-state index contributed by atoms with van der Waals surface area (Å²) >= 11 is 1.41. The first-order valence-corrected chi connectivity index (χ1v) is 11.6. The first-order valence-electron chi connectivity index (χ1n) is 10.7. The molecule has 3 rings (SSSR count). The predicted octanol–water partition coefficient (Wildman–Crippen LogP) is 4.04. The van der Waals surface area contributed by atoms with E-state index in [-0.39, 0.29) is 31.1 Å². The number of likely N-dealkylation sites (tertiary alicyclic amines) is 1. The zero-order chi connectivity index (χ0) is 22.1. The molecule has 0 aliphatic carbocycles. The lowest BCUT2D eigenvalue weighted by Crippen LogP contribution is -2.32. The number of nitrogens with one attached hydrogen (secondary N) is 1. The number of carbonyl (C=O) groups is 2. The van der Waals surface area contributed by atoms with Crippen molar-refractivity contribution in [2.75, 3.05) is 29.9 Å². The molecule has 1 fully saturated rings. The highest BCUT2D eigenvalue weighted by Crippen LogP contribution is 2.21. The molecule has 164 valence electrons. The standard InChI is InChI=1S/C23H29N5O2S/c1-18-10-14-27(15-11-18)16-19-17-31-23(25-19)26-21(29)8-9-22(30)28(13-5-12-24)20-6-3-2-4-7-20/h2-4,6-7,17-18H,5,8-11,13-16H2,1H3,(H,25,26,29). The van der Waals surface area contributed by atoms with E-state index in [1.807, 2.05) is 35.7 Å². The summed E-state index contributed by atoms with van der Waals surface area (Å²) in [6.07, 6.45) is 2.83. The fraction of sp³-hybridized carbons (Fsp3) is 0.478. The van der Waals surface area contributed by atoms with Crippen LogP contribution in [-0.2, 0) is 16.1 Å². The molecule has 31 heavy (non-hydrogen) atoms. The van der Waals surface area contributed by atoms with Crippen molar-refractivity contribution in [2.24, 2.45) is 5.92 Å². The lowest BCUT2D eigenvalue weighted by Gasteiger charge is -2.29. The fourth-order valence-electron chi connectivity index (χ4n) is 3.59. The summed E-state index contributed by atoms with van der Waals surface area (Å²) < 4.78 is 0. The molecular formula is C23H29N5O2S. The third-order valence-electron chi connectivity index (χ3n) is 5.44. The summed E-state index contributed by atoms with van der Waals surface area (Å²) in [5, 5.41) is 14.2. The minimum atomic E-state index is -0.227. The number of nitrogens with zero attached hydrogens (tertiary/aromatic N) is 4. The molecule has 2 aromatic rings. The summed E-state index contributed by atoms with van der Waals surface area (Å²) in [5.74, 6) is 0.395. The Morgan fingerprint density at radius 3 is 2.71 bits per heavy atom. The van der Waals surface area contributed by atoms with Crippen LogP contribution in [-0.4, -0.2) is 41.3 Å². The predicted molar refractivity (Wildman–Crippen MR) is 123 cm³/mol. The first-order chi connectivity index (χ1) is 15.0. The third-order valence-corrected chi connectivity index (χ3v) is 6.25. The highest BCUT2D eigenvalue weighted by molar-refractivity contribution is 7.13. The number of para-hydroxylation sites is 1. The van der Waals surface area contributed by atoms with Gasteiger partial charge in [-0.15, -0.1) is 11.3 Å². The lowest BCUT2D eigenvalue weighted by molar-refractivity contribution is -0.122. The minimum absolute atomic E-state index is 0.0770. The van der Waals surface area contributed by atoms with E-state index in [1.54, 1.807) is 4.90 Å². The summed E-state index contributed by atoms with van der Waals surface area (Å²) in [6.45, 7) is 5.59. The molecule has 2 amide bonds. The Bertz CT molecular complexity index is 900. The van der Waals surface area contributed by atoms with Crippen LogP contribution >= 0.6 is 11.3 Å². The van der Waals surface area contributed by atoms with Crippen molar-refractivity contribution in [2.45, 2.75) is 45.6 Å². The Morgan fingerprint density at radius 1 is 1.26 bits per heavy atom. The van der Waals surface area contributed by atoms with Crippen molar-refractivity contribution in [1.82, 2.24) is 9.88 Å². The maximum atomic E-state index is 12.7. The monoisotopic (exact) mass is 439 g/mol. The summed E-state index contributed by atoms with van der Waals surface area (Å²) in [7, 11) is 0. The second-order valence-corrected chi connectivity index (χ2v) is 8.80. The normalized spacial score (nSPS) is 14.7. The van der Waals surface area contributed by atoms with Gasteiger partial charge >= 0.3 is 0 Å². The molecule has 1 aliphatic rings. The van der Waals surface area contributed by atoms with Crippen LogP contribution in [0.15, 0.2) is 35.7 Å². The number of benzene rings is 1. The number of rotatable bonds is 9. The molecule has 2 heterocycles. The van der Waals surface area contributed by atoms with Crippen molar-refractivity contribution in [1.29, 1.82) is 5.26 Å². The van der Waals surface area contributed by atoms with Crippen LogP contribution in [0, 0.1) is 17.2 Å². The fourth-order valence-corrected chi connectivity index (χ4v) is 4.31. The number of nitriles is 1. The van der Waals surface area contributed by atoms with Gasteiger partial charge in [-0.3, -0.25) is 14.5 Å². The molecule has 1 saturated heterocycles. The average Bonchev–Trinajstić information content (AvgIpc) is 3.21. The largest absolute Gasteiger partial charge is 0.311 e. The van der Waals surface area contributed by atoms with Crippen molar-refractivity contribution in [3.8, 4) is 6.07 Å². The van der Waals surface area contributed by atoms with Gasteiger partial charge in [-0.25, -0.2) is 4.98 Å². The van der Waals surface area contributed by atoms with Crippen LogP contribution in [0.4, 0.5) is 10.8 Å². The van der Waals surface area contributed by atoms with E-state index >= 15 is 0 Å². The lowest BCUT2D eigenvalue weighted by atomic mass is 9.99. The number of amides is 2. The van der Waals surface area contributed by atoms with Gasteiger partial charge in [0.15, 0.2) is 5.13 Å². The number of piperidine rings is 1. The van der Waals surface area contributed by atoms with Gasteiger partial charge in [-0.05, 0) is 44.0 Å². The second-order valence-electron chi connectivity index (χ2n) is 7.94. The number of anilines is 2. The van der Waals surface area contributed by atoms with Crippen LogP contribution in [0.5, 0.6) is 0 Å². The molecule has 0 bridgehead atoms. The van der Waals surface area contributed by atoms with Crippen molar-refractivity contribution in [3.05, 3.63) is 41.4 Å². The van der Waals surface area contributed by atoms with Gasteiger partial charge in [0, 0.05) is 37.0 Å². The van der Waals surface area contributed by atoms with Crippen LogP contribution < -0.4 is 10.2 Å². The van der Waals surface area contributed by atoms with Crippen LogP contribution in [0.3, 0.4) is 0 Å². The van der Waals surface area contributed by atoms with Gasteiger partial charge in [0.1, 0.15) is 0 Å². The maximum absolute atomic E-state index is 12.7. The van der Waals surface area contributed by atoms with Crippen LogP contribution in [0.25, 0.3) is 0 Å². The minimum Gasteiger partial charge on any atom is -0.311 e. The van der Waals surface area contributed by atoms with Crippen molar-refractivity contribution < 1.29 is 9.59 Å². The topological polar surface area (TPSA) is 89.3 Å². The Balaban J connectivity index is 1.47.